The highest BCUT2D eigenvalue weighted by molar-refractivity contribution is 6.90. The zero-order valence-electron chi connectivity index (χ0n) is 11.9. The van der Waals surface area contributed by atoms with E-state index in [1.807, 2.05) is 0 Å². The van der Waals surface area contributed by atoms with E-state index in [2.05, 4.69) is 82.3 Å². The molecule has 0 spiro atoms. The van der Waals surface area contributed by atoms with Crippen LogP contribution in [0.5, 0.6) is 0 Å². The quantitative estimate of drug-likeness (QED) is 0.671. The summed E-state index contributed by atoms with van der Waals surface area (Å²) in [5, 5.41) is 0. The maximum Gasteiger partial charge on any atom is 0.0630 e. The third-order valence-electron chi connectivity index (χ3n) is 4.58. The van der Waals surface area contributed by atoms with Crippen LogP contribution in [0, 0.1) is 79.7 Å². The summed E-state index contributed by atoms with van der Waals surface area (Å²) in [4.78, 5) is 0. The van der Waals surface area contributed by atoms with E-state index in [0.29, 0.717) is 0 Å². The fourth-order valence-electron chi connectivity index (χ4n) is 3.56. The third kappa shape index (κ3) is 1.85. The van der Waals surface area contributed by atoms with Crippen molar-refractivity contribution >= 4 is 8.07 Å². The summed E-state index contributed by atoms with van der Waals surface area (Å²) in [6, 6.07) is 0. The molecule has 0 aliphatic heterocycles. The van der Waals surface area contributed by atoms with E-state index < -0.39 is 8.07 Å². The first-order chi connectivity index (χ1) is 9.69. The van der Waals surface area contributed by atoms with Gasteiger partial charge in [0.1, 0.15) is 0 Å². The highest BCUT2D eigenvalue weighted by atomic mass is 28.3. The van der Waals surface area contributed by atoms with E-state index in [9.17, 15) is 0 Å². The molecule has 0 bridgehead atoms. The molecular formula is C19H17Si. The van der Waals surface area contributed by atoms with E-state index in [1.165, 1.54) is 29.2 Å². The molecule has 3 fully saturated rings. The van der Waals surface area contributed by atoms with Gasteiger partial charge in [-0.05, 0) is 67.9 Å². The van der Waals surface area contributed by atoms with Crippen molar-refractivity contribution in [2.75, 3.05) is 0 Å². The molecule has 0 saturated heterocycles. The predicted molar refractivity (Wildman–Crippen MR) is 85.3 cm³/mol. The van der Waals surface area contributed by atoms with E-state index in [1.54, 1.807) is 5.54 Å². The lowest BCUT2D eigenvalue weighted by Gasteiger charge is -2.40. The Kier molecular flexibility index (Phi) is 3.25. The van der Waals surface area contributed by atoms with Crippen LogP contribution in [0.3, 0.4) is 0 Å². The molecule has 20 heavy (non-hydrogen) atoms. The van der Waals surface area contributed by atoms with Gasteiger partial charge in [0.15, 0.2) is 0 Å². The predicted octanol–water partition coefficient (Wildman–Crippen LogP) is 3.82. The average molecular weight is 273 g/mol. The Morgan fingerprint density at radius 1 is 0.650 bits per heavy atom. The summed E-state index contributed by atoms with van der Waals surface area (Å²) in [7, 11) is -1.64. The van der Waals surface area contributed by atoms with E-state index in [0.717, 1.165) is 0 Å². The van der Waals surface area contributed by atoms with Gasteiger partial charge in [0.05, 0.1) is 8.07 Å². The third-order valence-corrected chi connectivity index (χ3v) is 8.15. The second-order valence-electron chi connectivity index (χ2n) is 6.07. The summed E-state index contributed by atoms with van der Waals surface area (Å²) in [5.41, 5.74) is 3.12. The molecule has 0 nitrogen and oxygen atoms in total. The summed E-state index contributed by atoms with van der Waals surface area (Å²) in [6.45, 7) is 4.94. The smallest absolute Gasteiger partial charge is 0.0630 e. The molecule has 0 aromatic carbocycles. The van der Waals surface area contributed by atoms with Crippen molar-refractivity contribution in [3.8, 4) is 0 Å². The summed E-state index contributed by atoms with van der Waals surface area (Å²) >= 11 is 0. The van der Waals surface area contributed by atoms with Gasteiger partial charge in [-0.3, -0.25) is 0 Å². The highest BCUT2D eigenvalue weighted by Crippen LogP contribution is 2.64. The average Bonchev–Trinajstić information content (AvgIpc) is 3.15. The molecule has 0 atom stereocenters. The molecular weight excluding hydrogens is 256 g/mol. The standard InChI is InChI=1S/C19H17Si/c1-20(2,14-8-3-4-9-14)19-17-11-6-5-10-15(17)16-12-7-13-18(16)19/h3-13H,1-2H3. The minimum atomic E-state index is -1.64. The van der Waals surface area contributed by atoms with Gasteiger partial charge in [0.25, 0.3) is 0 Å². The first-order valence-corrected chi connectivity index (χ1v) is 10.1. The Balaban J connectivity index is 1.68. The molecule has 97 valence electrons. The molecule has 4 rings (SSSR count). The van der Waals surface area contributed by atoms with Crippen LogP contribution >= 0.6 is 0 Å². The number of fused-ring (bicyclic) bond motifs is 3. The van der Waals surface area contributed by atoms with Crippen LogP contribution in [-0.4, -0.2) is 8.07 Å². The minimum absolute atomic E-state index is 1.41. The summed E-state index contributed by atoms with van der Waals surface area (Å²) in [6.07, 6.45) is 24.5. The van der Waals surface area contributed by atoms with E-state index in [-0.39, 0.29) is 0 Å². The van der Waals surface area contributed by atoms with Crippen LogP contribution < -0.4 is 0 Å². The van der Waals surface area contributed by atoms with E-state index >= 15 is 0 Å². The molecule has 3 saturated carbocycles. The SMILES string of the molecule is C[Si](C)([C]1[CH][CH][CH][CH]1)[C]1[C]2[CH][CH][CH][C]2[C]2C=CC=C[C]21. The van der Waals surface area contributed by atoms with Crippen molar-refractivity contribution in [2.45, 2.75) is 13.1 Å². The fraction of sp³-hybridized carbons (Fsp3) is 0.105. The maximum atomic E-state index is 2.47. The molecule has 0 amide bonds. The van der Waals surface area contributed by atoms with Crippen molar-refractivity contribution in [1.29, 1.82) is 0 Å². The Bertz CT molecular complexity index is 427. The zero-order valence-corrected chi connectivity index (χ0v) is 12.9. The first kappa shape index (κ1) is 13.4. The van der Waals surface area contributed by atoms with Crippen LogP contribution in [0.1, 0.15) is 0 Å². The second-order valence-corrected chi connectivity index (χ2v) is 10.4. The van der Waals surface area contributed by atoms with Crippen molar-refractivity contribution < 1.29 is 0 Å². The molecule has 0 N–H and O–H groups in total. The summed E-state index contributed by atoms with van der Waals surface area (Å²) in [5.74, 6) is 5.75. The molecule has 0 unspecified atom stereocenters. The van der Waals surface area contributed by atoms with Gasteiger partial charge in [-0.1, -0.05) is 37.4 Å². The highest BCUT2D eigenvalue weighted by Gasteiger charge is 2.59. The lowest BCUT2D eigenvalue weighted by atomic mass is 9.85. The topological polar surface area (TPSA) is 0 Å². The molecule has 13 radical (unpaired) electrons. The maximum absolute atomic E-state index is 2.47. The molecule has 0 heterocycles. The Morgan fingerprint density at radius 3 is 2.05 bits per heavy atom. The lowest BCUT2D eigenvalue weighted by molar-refractivity contribution is 1.12. The largest absolute Gasteiger partial charge is 0.0762 e. The minimum Gasteiger partial charge on any atom is -0.0762 e. The molecule has 0 aromatic rings. The number of hydrogen-bond acceptors (Lipinski definition) is 0. The first-order valence-electron chi connectivity index (χ1n) is 7.15. The Hall–Kier alpha value is -0.303. The zero-order chi connectivity index (χ0) is 13.7. The van der Waals surface area contributed by atoms with Crippen molar-refractivity contribution in [3.05, 3.63) is 104 Å². The van der Waals surface area contributed by atoms with Gasteiger partial charge in [-0.25, -0.2) is 0 Å². The van der Waals surface area contributed by atoms with Gasteiger partial charge < -0.3 is 0 Å². The van der Waals surface area contributed by atoms with Gasteiger partial charge in [0.2, 0.25) is 0 Å². The van der Waals surface area contributed by atoms with Crippen LogP contribution in [0.4, 0.5) is 0 Å². The van der Waals surface area contributed by atoms with Gasteiger partial charge in [-0.2, -0.15) is 0 Å². The summed E-state index contributed by atoms with van der Waals surface area (Å²) < 4.78 is 0. The monoisotopic (exact) mass is 273 g/mol. The van der Waals surface area contributed by atoms with Gasteiger partial charge in [0, 0.05) is 11.8 Å². The van der Waals surface area contributed by atoms with Crippen LogP contribution in [0.2, 0.25) is 13.1 Å². The van der Waals surface area contributed by atoms with Gasteiger partial charge in [-0.15, -0.1) is 0 Å². The van der Waals surface area contributed by atoms with Crippen molar-refractivity contribution in [1.82, 2.24) is 0 Å². The molecule has 4 aliphatic carbocycles. The molecule has 1 heteroatoms. The lowest BCUT2D eigenvalue weighted by Crippen LogP contribution is -2.45. The van der Waals surface area contributed by atoms with Gasteiger partial charge >= 0.3 is 0 Å². The van der Waals surface area contributed by atoms with Crippen molar-refractivity contribution in [3.63, 3.8) is 0 Å². The molecule has 4 aliphatic rings. The number of hydrogen-bond donors (Lipinski definition) is 0. The normalized spacial score (nSPS) is 30.5. The second kappa shape index (κ2) is 4.86. The van der Waals surface area contributed by atoms with E-state index in [4.69, 9.17) is 0 Å². The van der Waals surface area contributed by atoms with Crippen LogP contribution in [0.15, 0.2) is 24.3 Å². The van der Waals surface area contributed by atoms with Crippen LogP contribution in [0.25, 0.3) is 0 Å². The number of allylic oxidation sites excluding steroid dienone is 4. The Labute approximate surface area is 125 Å². The van der Waals surface area contributed by atoms with Crippen molar-refractivity contribution in [2.24, 2.45) is 0 Å². The molecule has 0 aromatic heterocycles. The Morgan fingerprint density at radius 2 is 1.30 bits per heavy atom. The fourth-order valence-corrected chi connectivity index (χ4v) is 6.66. The number of rotatable bonds is 2. The van der Waals surface area contributed by atoms with Crippen LogP contribution in [-0.2, 0) is 0 Å².